The lowest BCUT2D eigenvalue weighted by Crippen LogP contribution is -2.42. The normalized spacial score (nSPS) is 16.6. The van der Waals surface area contributed by atoms with Crippen LogP contribution >= 0.6 is 11.3 Å². The molecule has 1 aromatic carbocycles. The molecule has 4 rings (SSSR count). The van der Waals surface area contributed by atoms with E-state index in [4.69, 9.17) is 0 Å². The van der Waals surface area contributed by atoms with E-state index in [1.54, 1.807) is 34.6 Å². The number of carbonyl (C=O) groups is 1. The molecule has 6 nitrogen and oxygen atoms in total. The number of hydrogen-bond donors (Lipinski definition) is 1. The van der Waals surface area contributed by atoms with Crippen molar-refractivity contribution in [3.8, 4) is 16.3 Å². The lowest BCUT2D eigenvalue weighted by molar-refractivity contribution is 0.0174. The Bertz CT molecular complexity index is 1030. The number of rotatable bonds is 7. The largest absolute Gasteiger partial charge is 0.333 e. The minimum atomic E-state index is -2.88. The Morgan fingerprint density at radius 1 is 1.35 bits per heavy atom. The van der Waals surface area contributed by atoms with E-state index in [1.807, 2.05) is 4.90 Å². The molecule has 164 valence electrons. The standard InChI is InChI=1S/C22H25F2N5OS/c1-3-10-28(18-8-9-25-12-18)21(30)19-14-31-20(27-19)15-11-26-29(13-15)17-6-4-16(5-7-17)22(2,23)24/h4-7,11,13-14,18,25H,3,8-10,12H2,1-2H3/t18-/m0/s1. The first kappa shape index (κ1) is 21.6. The van der Waals surface area contributed by atoms with Crippen molar-refractivity contribution < 1.29 is 13.6 Å². The van der Waals surface area contributed by atoms with Gasteiger partial charge in [0.25, 0.3) is 11.8 Å². The van der Waals surface area contributed by atoms with E-state index in [0.29, 0.717) is 22.9 Å². The molecule has 2 aromatic heterocycles. The van der Waals surface area contributed by atoms with E-state index in [1.165, 1.54) is 23.5 Å². The van der Waals surface area contributed by atoms with Gasteiger partial charge in [-0.25, -0.2) is 18.4 Å². The van der Waals surface area contributed by atoms with Crippen LogP contribution < -0.4 is 5.32 Å². The minimum absolute atomic E-state index is 0.0403. The molecule has 0 saturated carbocycles. The first-order chi connectivity index (χ1) is 14.9. The third-order valence-electron chi connectivity index (χ3n) is 5.39. The Balaban J connectivity index is 1.52. The molecule has 3 heterocycles. The van der Waals surface area contributed by atoms with Crippen molar-refractivity contribution in [3.05, 3.63) is 53.3 Å². The van der Waals surface area contributed by atoms with Crippen molar-refractivity contribution in [2.45, 2.75) is 38.7 Å². The van der Waals surface area contributed by atoms with Crippen LogP contribution in [0.25, 0.3) is 16.3 Å². The Kier molecular flexibility index (Phi) is 6.15. The Labute approximate surface area is 183 Å². The topological polar surface area (TPSA) is 63.1 Å². The molecule has 1 atom stereocenters. The number of aromatic nitrogens is 3. The van der Waals surface area contributed by atoms with Gasteiger partial charge in [-0.05, 0) is 31.5 Å². The van der Waals surface area contributed by atoms with E-state index >= 15 is 0 Å². The predicted octanol–water partition coefficient (Wildman–Crippen LogP) is 4.32. The third kappa shape index (κ3) is 4.67. The summed E-state index contributed by atoms with van der Waals surface area (Å²) in [5.41, 5.74) is 1.86. The number of alkyl halides is 2. The van der Waals surface area contributed by atoms with Gasteiger partial charge in [-0.2, -0.15) is 5.10 Å². The van der Waals surface area contributed by atoms with E-state index < -0.39 is 5.92 Å². The summed E-state index contributed by atoms with van der Waals surface area (Å²) in [4.78, 5) is 19.6. The maximum Gasteiger partial charge on any atom is 0.273 e. The summed E-state index contributed by atoms with van der Waals surface area (Å²) in [5.74, 6) is -2.92. The summed E-state index contributed by atoms with van der Waals surface area (Å²) < 4.78 is 28.5. The molecule has 31 heavy (non-hydrogen) atoms. The van der Waals surface area contributed by atoms with Crippen molar-refractivity contribution >= 4 is 17.2 Å². The summed E-state index contributed by atoms with van der Waals surface area (Å²) in [6.45, 7) is 5.40. The van der Waals surface area contributed by atoms with Gasteiger partial charge in [-0.1, -0.05) is 19.1 Å². The number of amides is 1. The molecule has 1 fully saturated rings. The number of halogens is 2. The molecule has 1 N–H and O–H groups in total. The Morgan fingerprint density at radius 3 is 2.77 bits per heavy atom. The van der Waals surface area contributed by atoms with Crippen LogP contribution in [0.5, 0.6) is 0 Å². The highest BCUT2D eigenvalue weighted by Crippen LogP contribution is 2.29. The zero-order valence-corrected chi connectivity index (χ0v) is 18.3. The molecule has 1 aliphatic rings. The van der Waals surface area contributed by atoms with Gasteiger partial charge >= 0.3 is 0 Å². The summed E-state index contributed by atoms with van der Waals surface area (Å²) in [5, 5.41) is 10.1. The Morgan fingerprint density at radius 2 is 2.13 bits per heavy atom. The highest BCUT2D eigenvalue weighted by Gasteiger charge is 2.28. The zero-order chi connectivity index (χ0) is 22.0. The molecule has 1 amide bonds. The monoisotopic (exact) mass is 445 g/mol. The number of hydrogen-bond acceptors (Lipinski definition) is 5. The van der Waals surface area contributed by atoms with Crippen LogP contribution in [0.2, 0.25) is 0 Å². The molecule has 0 bridgehead atoms. The number of thiazole rings is 1. The van der Waals surface area contributed by atoms with E-state index in [-0.39, 0.29) is 17.5 Å². The van der Waals surface area contributed by atoms with E-state index in [2.05, 4.69) is 22.3 Å². The molecule has 0 aliphatic carbocycles. The number of benzene rings is 1. The molecule has 0 spiro atoms. The smallest absolute Gasteiger partial charge is 0.273 e. The number of nitrogens with zero attached hydrogens (tertiary/aromatic N) is 4. The summed E-state index contributed by atoms with van der Waals surface area (Å²) in [6.07, 6.45) is 5.31. The highest BCUT2D eigenvalue weighted by atomic mass is 32.1. The lowest BCUT2D eigenvalue weighted by atomic mass is 10.1. The number of nitrogens with one attached hydrogen (secondary N) is 1. The van der Waals surface area contributed by atoms with Crippen molar-refractivity contribution in [3.63, 3.8) is 0 Å². The second kappa shape index (κ2) is 8.84. The fourth-order valence-electron chi connectivity index (χ4n) is 3.73. The molecular weight excluding hydrogens is 420 g/mol. The average Bonchev–Trinajstić information content (AvgIpc) is 3.52. The van der Waals surface area contributed by atoms with Crippen LogP contribution in [0.1, 0.15) is 42.7 Å². The van der Waals surface area contributed by atoms with Crippen LogP contribution in [-0.4, -0.2) is 51.2 Å². The van der Waals surface area contributed by atoms with Gasteiger partial charge in [0.2, 0.25) is 0 Å². The van der Waals surface area contributed by atoms with Crippen LogP contribution in [0.4, 0.5) is 8.78 Å². The molecule has 3 aromatic rings. The molecule has 0 unspecified atom stereocenters. The van der Waals surface area contributed by atoms with Gasteiger partial charge in [-0.3, -0.25) is 4.79 Å². The first-order valence-corrected chi connectivity index (χ1v) is 11.3. The van der Waals surface area contributed by atoms with Gasteiger partial charge in [0, 0.05) is 48.8 Å². The second-order valence-electron chi connectivity index (χ2n) is 7.79. The minimum Gasteiger partial charge on any atom is -0.333 e. The second-order valence-corrected chi connectivity index (χ2v) is 8.65. The fraction of sp³-hybridized carbons (Fsp3) is 0.409. The predicted molar refractivity (Wildman–Crippen MR) is 117 cm³/mol. The van der Waals surface area contributed by atoms with Crippen molar-refractivity contribution in [1.29, 1.82) is 0 Å². The third-order valence-corrected chi connectivity index (χ3v) is 6.28. The van der Waals surface area contributed by atoms with Crippen LogP contribution in [0, 0.1) is 0 Å². The van der Waals surface area contributed by atoms with Gasteiger partial charge in [0.15, 0.2) is 0 Å². The van der Waals surface area contributed by atoms with Crippen molar-refractivity contribution in [2.24, 2.45) is 0 Å². The summed E-state index contributed by atoms with van der Waals surface area (Å²) in [7, 11) is 0. The lowest BCUT2D eigenvalue weighted by Gasteiger charge is -2.27. The highest BCUT2D eigenvalue weighted by molar-refractivity contribution is 7.13. The van der Waals surface area contributed by atoms with E-state index in [0.717, 1.165) is 38.4 Å². The summed E-state index contributed by atoms with van der Waals surface area (Å²) >= 11 is 1.40. The van der Waals surface area contributed by atoms with E-state index in [9.17, 15) is 13.6 Å². The zero-order valence-electron chi connectivity index (χ0n) is 17.5. The van der Waals surface area contributed by atoms with Gasteiger partial charge in [-0.15, -0.1) is 11.3 Å². The van der Waals surface area contributed by atoms with Crippen LogP contribution in [-0.2, 0) is 5.92 Å². The van der Waals surface area contributed by atoms with Crippen LogP contribution in [0.15, 0.2) is 42.0 Å². The molecule has 1 saturated heterocycles. The quantitative estimate of drug-likeness (QED) is 0.588. The fourth-order valence-corrected chi connectivity index (χ4v) is 4.50. The molecule has 9 heteroatoms. The van der Waals surface area contributed by atoms with Crippen molar-refractivity contribution in [1.82, 2.24) is 25.0 Å². The number of carbonyl (C=O) groups excluding carboxylic acids is 1. The summed E-state index contributed by atoms with van der Waals surface area (Å²) in [6, 6.07) is 6.23. The Hall–Kier alpha value is -2.65. The van der Waals surface area contributed by atoms with Gasteiger partial charge < -0.3 is 10.2 Å². The molecule has 1 aliphatic heterocycles. The van der Waals surface area contributed by atoms with Gasteiger partial charge in [0.05, 0.1) is 11.9 Å². The maximum absolute atomic E-state index is 13.4. The maximum atomic E-state index is 13.4. The molecule has 0 radical (unpaired) electrons. The van der Waals surface area contributed by atoms with Crippen LogP contribution in [0.3, 0.4) is 0 Å². The van der Waals surface area contributed by atoms with Crippen molar-refractivity contribution in [2.75, 3.05) is 19.6 Å². The first-order valence-electron chi connectivity index (χ1n) is 10.4. The van der Waals surface area contributed by atoms with Gasteiger partial charge in [0.1, 0.15) is 10.7 Å². The SMILES string of the molecule is CCCN(C(=O)c1csc(-c2cnn(-c3ccc(C(C)(F)F)cc3)c2)n1)[C@H]1CCNC1. The average molecular weight is 446 g/mol. The molecular formula is C22H25F2N5OS.